The number of nitrogens with zero attached hydrogens (tertiary/aromatic N) is 1. The van der Waals surface area contributed by atoms with Gasteiger partial charge in [0, 0.05) is 12.1 Å². The number of carbonyl (C=O) groups is 1. The van der Waals surface area contributed by atoms with E-state index in [2.05, 4.69) is 15.6 Å². The van der Waals surface area contributed by atoms with Gasteiger partial charge < -0.3 is 15.4 Å². The lowest BCUT2D eigenvalue weighted by Crippen LogP contribution is -2.46. The fraction of sp³-hybridized carbons (Fsp3) is 0.538. The molecule has 2 aliphatic heterocycles. The Bertz CT molecular complexity index is 469. The molecule has 0 saturated carbocycles. The predicted octanol–water partition coefficient (Wildman–Crippen LogP) is 1.09. The third-order valence-corrected chi connectivity index (χ3v) is 3.56. The smallest absolute Gasteiger partial charge is 0.266 e. The summed E-state index contributed by atoms with van der Waals surface area (Å²) in [5.74, 6) is 1.46. The summed E-state index contributed by atoms with van der Waals surface area (Å²) in [6.45, 7) is 3.88. The van der Waals surface area contributed by atoms with Gasteiger partial charge in [-0.2, -0.15) is 0 Å². The monoisotopic (exact) mass is 247 g/mol. The zero-order chi connectivity index (χ0) is 12.5. The first-order valence-electron chi connectivity index (χ1n) is 6.39. The molecule has 0 bridgehead atoms. The third kappa shape index (κ3) is 2.06. The minimum Gasteiger partial charge on any atom is -0.476 e. The molecule has 5 nitrogen and oxygen atoms in total. The van der Waals surface area contributed by atoms with E-state index in [0.717, 1.165) is 31.5 Å². The van der Waals surface area contributed by atoms with Crippen LogP contribution in [0.5, 0.6) is 5.75 Å². The molecule has 96 valence electrons. The minimum absolute atomic E-state index is 0.0641. The highest BCUT2D eigenvalue weighted by Crippen LogP contribution is 2.32. The van der Waals surface area contributed by atoms with Crippen LogP contribution in [0.15, 0.2) is 12.3 Å². The summed E-state index contributed by atoms with van der Waals surface area (Å²) in [4.78, 5) is 16.2. The molecule has 1 fully saturated rings. The van der Waals surface area contributed by atoms with E-state index in [4.69, 9.17) is 4.74 Å². The number of rotatable bonds is 1. The fourth-order valence-electron chi connectivity index (χ4n) is 2.56. The quantitative estimate of drug-likeness (QED) is 0.779. The Morgan fingerprint density at radius 2 is 2.17 bits per heavy atom. The second-order valence-electron chi connectivity index (χ2n) is 4.97. The number of aryl methyl sites for hydroxylation is 1. The first-order valence-corrected chi connectivity index (χ1v) is 6.39. The molecule has 3 heterocycles. The van der Waals surface area contributed by atoms with Gasteiger partial charge in [-0.25, -0.2) is 4.98 Å². The summed E-state index contributed by atoms with van der Waals surface area (Å²) < 4.78 is 5.86. The van der Waals surface area contributed by atoms with Crippen molar-refractivity contribution in [3.8, 4) is 5.75 Å². The van der Waals surface area contributed by atoms with Crippen molar-refractivity contribution in [3.63, 3.8) is 0 Å². The molecule has 1 saturated heterocycles. The summed E-state index contributed by atoms with van der Waals surface area (Å²) in [6, 6.07) is 1.93. The maximum Gasteiger partial charge on any atom is 0.266 e. The number of piperidine rings is 1. The van der Waals surface area contributed by atoms with Gasteiger partial charge in [-0.1, -0.05) is 0 Å². The first kappa shape index (κ1) is 11.5. The number of fused-ring (bicyclic) bond motifs is 1. The van der Waals surface area contributed by atoms with E-state index in [0.29, 0.717) is 17.5 Å². The number of hydrogen-bond donors (Lipinski definition) is 2. The zero-order valence-corrected chi connectivity index (χ0v) is 10.4. The molecule has 3 rings (SSSR count). The lowest BCUT2D eigenvalue weighted by Gasteiger charge is -2.33. The van der Waals surface area contributed by atoms with Crippen LogP contribution in [0.4, 0.5) is 5.82 Å². The number of amides is 1. The van der Waals surface area contributed by atoms with E-state index >= 15 is 0 Å². The molecule has 5 heteroatoms. The molecular formula is C13H17N3O2. The topological polar surface area (TPSA) is 63.2 Å². The van der Waals surface area contributed by atoms with E-state index in [9.17, 15) is 4.79 Å². The van der Waals surface area contributed by atoms with E-state index in [1.807, 2.05) is 13.0 Å². The Hall–Kier alpha value is -1.62. The molecule has 2 aliphatic rings. The number of nitrogens with one attached hydrogen (secondary N) is 2. The zero-order valence-electron chi connectivity index (χ0n) is 10.4. The summed E-state index contributed by atoms with van der Waals surface area (Å²) >= 11 is 0. The molecule has 0 radical (unpaired) electrons. The summed E-state index contributed by atoms with van der Waals surface area (Å²) in [7, 11) is 0. The van der Waals surface area contributed by atoms with Crippen molar-refractivity contribution in [2.24, 2.45) is 5.92 Å². The van der Waals surface area contributed by atoms with E-state index in [1.165, 1.54) is 0 Å². The Labute approximate surface area is 106 Å². The maximum absolute atomic E-state index is 12.0. The second-order valence-corrected chi connectivity index (χ2v) is 4.97. The van der Waals surface area contributed by atoms with Crippen molar-refractivity contribution >= 4 is 11.7 Å². The molecule has 18 heavy (non-hydrogen) atoms. The molecular weight excluding hydrogens is 230 g/mol. The number of aromatic nitrogens is 1. The molecule has 1 aromatic heterocycles. The van der Waals surface area contributed by atoms with Crippen LogP contribution < -0.4 is 15.4 Å². The maximum atomic E-state index is 12.0. The molecule has 2 N–H and O–H groups in total. The van der Waals surface area contributed by atoms with Crippen LogP contribution in [0.3, 0.4) is 0 Å². The largest absolute Gasteiger partial charge is 0.476 e. The molecule has 1 unspecified atom stereocenters. The lowest BCUT2D eigenvalue weighted by atomic mass is 9.91. The SMILES string of the molecule is Cc1cnc2c(c1)OC(C1CCNCC1)C(=O)N2. The second kappa shape index (κ2) is 4.57. The molecule has 1 aromatic rings. The number of anilines is 1. The van der Waals surface area contributed by atoms with Gasteiger partial charge in [-0.3, -0.25) is 4.79 Å². The summed E-state index contributed by atoms with van der Waals surface area (Å²) in [5.41, 5.74) is 1.04. The molecule has 1 atom stereocenters. The van der Waals surface area contributed by atoms with Crippen molar-refractivity contribution in [2.45, 2.75) is 25.9 Å². The number of ether oxygens (including phenoxy) is 1. The molecule has 1 amide bonds. The van der Waals surface area contributed by atoms with Crippen LogP contribution in [0.1, 0.15) is 18.4 Å². The lowest BCUT2D eigenvalue weighted by molar-refractivity contribution is -0.126. The summed E-state index contributed by atoms with van der Waals surface area (Å²) in [5, 5.41) is 6.14. The van der Waals surface area contributed by atoms with Gasteiger partial charge in [0.15, 0.2) is 17.7 Å². The Morgan fingerprint density at radius 3 is 2.94 bits per heavy atom. The minimum atomic E-state index is -0.372. The van der Waals surface area contributed by atoms with Crippen LogP contribution in [0, 0.1) is 12.8 Å². The van der Waals surface area contributed by atoms with Crippen molar-refractivity contribution in [1.82, 2.24) is 10.3 Å². The highest BCUT2D eigenvalue weighted by Gasteiger charge is 2.35. The van der Waals surface area contributed by atoms with Gasteiger partial charge in [0.05, 0.1) is 0 Å². The average molecular weight is 247 g/mol. The van der Waals surface area contributed by atoms with Crippen molar-refractivity contribution in [1.29, 1.82) is 0 Å². The van der Waals surface area contributed by atoms with Crippen molar-refractivity contribution < 1.29 is 9.53 Å². The van der Waals surface area contributed by atoms with Gasteiger partial charge in [0.25, 0.3) is 5.91 Å². The molecule has 0 aromatic carbocycles. The third-order valence-electron chi connectivity index (χ3n) is 3.56. The van der Waals surface area contributed by atoms with Crippen LogP contribution in [0.25, 0.3) is 0 Å². The van der Waals surface area contributed by atoms with E-state index in [-0.39, 0.29) is 12.0 Å². The Morgan fingerprint density at radius 1 is 1.39 bits per heavy atom. The van der Waals surface area contributed by atoms with Crippen LogP contribution >= 0.6 is 0 Å². The molecule has 0 aliphatic carbocycles. The van der Waals surface area contributed by atoms with Gasteiger partial charge in [-0.05, 0) is 44.5 Å². The van der Waals surface area contributed by atoms with E-state index < -0.39 is 0 Å². The fourth-order valence-corrected chi connectivity index (χ4v) is 2.56. The standard InChI is InChI=1S/C13H17N3O2/c1-8-6-10-12(15-7-8)16-13(17)11(18-10)9-2-4-14-5-3-9/h6-7,9,11,14H,2-5H2,1H3,(H,15,16,17). The number of pyridine rings is 1. The van der Waals surface area contributed by atoms with Gasteiger partial charge >= 0.3 is 0 Å². The van der Waals surface area contributed by atoms with Gasteiger partial charge in [0.2, 0.25) is 0 Å². The highest BCUT2D eigenvalue weighted by molar-refractivity contribution is 5.96. The van der Waals surface area contributed by atoms with Crippen LogP contribution in [-0.4, -0.2) is 30.1 Å². The van der Waals surface area contributed by atoms with Crippen LogP contribution in [-0.2, 0) is 4.79 Å². The number of hydrogen-bond acceptors (Lipinski definition) is 4. The Balaban J connectivity index is 1.83. The molecule has 0 spiro atoms. The van der Waals surface area contributed by atoms with Crippen molar-refractivity contribution in [3.05, 3.63) is 17.8 Å². The average Bonchev–Trinajstić information content (AvgIpc) is 2.39. The Kier molecular flexibility index (Phi) is 2.91. The van der Waals surface area contributed by atoms with Crippen LogP contribution in [0.2, 0.25) is 0 Å². The normalized spacial score (nSPS) is 24.1. The first-order chi connectivity index (χ1) is 8.74. The van der Waals surface area contributed by atoms with E-state index in [1.54, 1.807) is 6.20 Å². The highest BCUT2D eigenvalue weighted by atomic mass is 16.5. The van der Waals surface area contributed by atoms with Gasteiger partial charge in [0.1, 0.15) is 0 Å². The number of carbonyl (C=O) groups excluding carboxylic acids is 1. The summed E-state index contributed by atoms with van der Waals surface area (Å²) in [6.07, 6.45) is 3.32. The van der Waals surface area contributed by atoms with Crippen molar-refractivity contribution in [2.75, 3.05) is 18.4 Å². The predicted molar refractivity (Wildman–Crippen MR) is 67.6 cm³/mol. The van der Waals surface area contributed by atoms with Gasteiger partial charge in [-0.15, -0.1) is 0 Å².